The Kier molecular flexibility index (Phi) is 5.72. The molecule has 2 aromatic rings. The third-order valence-corrected chi connectivity index (χ3v) is 4.10. The first-order valence-electron chi connectivity index (χ1n) is 8.56. The monoisotopic (exact) mass is 341 g/mol. The Hall–Kier alpha value is -2.76. The highest BCUT2D eigenvalue weighted by Crippen LogP contribution is 2.31. The molecule has 0 aliphatic carbocycles. The minimum Gasteiger partial charge on any atom is -0.486 e. The first-order valence-corrected chi connectivity index (χ1v) is 8.56. The molecule has 132 valence electrons. The van der Waals surface area contributed by atoms with Crippen LogP contribution in [0.25, 0.3) is 0 Å². The summed E-state index contributed by atoms with van der Waals surface area (Å²) in [4.78, 5) is 18.1. The minimum absolute atomic E-state index is 0.0505. The van der Waals surface area contributed by atoms with Gasteiger partial charge in [-0.3, -0.25) is 4.98 Å². The highest BCUT2D eigenvalue weighted by molar-refractivity contribution is 5.74. The Morgan fingerprint density at radius 3 is 2.76 bits per heavy atom. The Morgan fingerprint density at radius 2 is 2.00 bits per heavy atom. The van der Waals surface area contributed by atoms with Crippen LogP contribution in [-0.2, 0) is 6.54 Å². The SMILES string of the molecule is CCN(Cc1ccncc1)C(=O)NCCC1COc2ccccc2O1. The maximum Gasteiger partial charge on any atom is 0.317 e. The van der Waals surface area contributed by atoms with Gasteiger partial charge in [0.1, 0.15) is 12.7 Å². The van der Waals surface area contributed by atoms with Crippen LogP contribution in [0.1, 0.15) is 18.9 Å². The average Bonchev–Trinajstić information content (AvgIpc) is 2.66. The zero-order valence-corrected chi connectivity index (χ0v) is 14.4. The zero-order chi connectivity index (χ0) is 17.5. The molecule has 0 bridgehead atoms. The summed E-state index contributed by atoms with van der Waals surface area (Å²) >= 11 is 0. The van der Waals surface area contributed by atoms with Gasteiger partial charge in [-0.2, -0.15) is 0 Å². The van der Waals surface area contributed by atoms with Crippen molar-refractivity contribution in [3.8, 4) is 11.5 Å². The van der Waals surface area contributed by atoms with Crippen molar-refractivity contribution >= 4 is 6.03 Å². The van der Waals surface area contributed by atoms with Gasteiger partial charge in [0.25, 0.3) is 0 Å². The maximum atomic E-state index is 12.3. The Balaban J connectivity index is 1.44. The first-order chi connectivity index (χ1) is 12.3. The van der Waals surface area contributed by atoms with Gasteiger partial charge in [-0.15, -0.1) is 0 Å². The second-order valence-corrected chi connectivity index (χ2v) is 5.89. The number of pyridine rings is 1. The van der Waals surface area contributed by atoms with Gasteiger partial charge >= 0.3 is 6.03 Å². The van der Waals surface area contributed by atoms with Crippen LogP contribution in [0.2, 0.25) is 0 Å². The molecule has 1 aromatic heterocycles. The molecule has 0 fully saturated rings. The summed E-state index contributed by atoms with van der Waals surface area (Å²) in [7, 11) is 0. The van der Waals surface area contributed by atoms with Crippen LogP contribution in [0.4, 0.5) is 4.79 Å². The number of fused-ring (bicyclic) bond motifs is 1. The molecule has 1 atom stereocenters. The summed E-state index contributed by atoms with van der Waals surface area (Å²) < 4.78 is 11.6. The zero-order valence-electron chi connectivity index (χ0n) is 14.4. The summed E-state index contributed by atoms with van der Waals surface area (Å²) in [5, 5.41) is 2.96. The second kappa shape index (κ2) is 8.37. The maximum absolute atomic E-state index is 12.3. The van der Waals surface area contributed by atoms with Crippen LogP contribution in [-0.4, -0.2) is 41.7 Å². The molecule has 0 radical (unpaired) electrons. The second-order valence-electron chi connectivity index (χ2n) is 5.89. The van der Waals surface area contributed by atoms with E-state index in [1.807, 2.05) is 43.3 Å². The van der Waals surface area contributed by atoms with Gasteiger partial charge in [-0.25, -0.2) is 4.79 Å². The fraction of sp³-hybridized carbons (Fsp3) is 0.368. The van der Waals surface area contributed by atoms with Crippen molar-refractivity contribution in [1.82, 2.24) is 15.2 Å². The molecular weight excluding hydrogens is 318 g/mol. The third-order valence-electron chi connectivity index (χ3n) is 4.10. The molecule has 1 N–H and O–H groups in total. The Labute approximate surface area is 147 Å². The lowest BCUT2D eigenvalue weighted by molar-refractivity contribution is 0.0849. The van der Waals surface area contributed by atoms with Gasteiger partial charge in [0.05, 0.1) is 0 Å². The quantitative estimate of drug-likeness (QED) is 0.877. The molecule has 2 heterocycles. The summed E-state index contributed by atoms with van der Waals surface area (Å²) in [6.45, 7) is 4.23. The van der Waals surface area contributed by atoms with E-state index in [0.717, 1.165) is 17.1 Å². The number of aromatic nitrogens is 1. The standard InChI is InChI=1S/C19H23N3O3/c1-2-22(13-15-7-10-20-11-8-15)19(23)21-12-9-16-14-24-17-5-3-4-6-18(17)25-16/h3-8,10-11,16H,2,9,12-14H2,1H3,(H,21,23). The number of para-hydroxylation sites is 2. The Bertz CT molecular complexity index is 693. The number of amides is 2. The van der Waals surface area contributed by atoms with E-state index in [0.29, 0.717) is 32.7 Å². The lowest BCUT2D eigenvalue weighted by Gasteiger charge is -2.27. The number of rotatable bonds is 6. The van der Waals surface area contributed by atoms with Crippen LogP contribution < -0.4 is 14.8 Å². The highest BCUT2D eigenvalue weighted by Gasteiger charge is 2.20. The molecule has 0 spiro atoms. The van der Waals surface area contributed by atoms with E-state index in [4.69, 9.17) is 9.47 Å². The molecule has 1 aliphatic rings. The van der Waals surface area contributed by atoms with E-state index >= 15 is 0 Å². The molecular formula is C19H23N3O3. The van der Waals surface area contributed by atoms with Gasteiger partial charge in [-0.1, -0.05) is 12.1 Å². The van der Waals surface area contributed by atoms with Crippen molar-refractivity contribution in [3.63, 3.8) is 0 Å². The molecule has 0 saturated heterocycles. The molecule has 25 heavy (non-hydrogen) atoms. The van der Waals surface area contributed by atoms with E-state index < -0.39 is 0 Å². The largest absolute Gasteiger partial charge is 0.486 e. The number of benzene rings is 1. The smallest absolute Gasteiger partial charge is 0.317 e. The number of carbonyl (C=O) groups excluding carboxylic acids is 1. The molecule has 6 heteroatoms. The first kappa shape index (κ1) is 17.1. The van der Waals surface area contributed by atoms with E-state index in [2.05, 4.69) is 10.3 Å². The summed E-state index contributed by atoms with van der Waals surface area (Å²) in [5.41, 5.74) is 1.06. The Morgan fingerprint density at radius 1 is 1.24 bits per heavy atom. The summed E-state index contributed by atoms with van der Waals surface area (Å²) in [6.07, 6.45) is 4.12. The van der Waals surface area contributed by atoms with Crippen LogP contribution >= 0.6 is 0 Å². The number of ether oxygens (including phenoxy) is 2. The van der Waals surface area contributed by atoms with Gasteiger partial charge in [0.2, 0.25) is 0 Å². The predicted octanol–water partition coefficient (Wildman–Crippen LogP) is 2.84. The fourth-order valence-electron chi connectivity index (χ4n) is 2.69. The van der Waals surface area contributed by atoms with Gasteiger partial charge in [0, 0.05) is 38.4 Å². The lowest BCUT2D eigenvalue weighted by Crippen LogP contribution is -2.41. The van der Waals surface area contributed by atoms with Crippen LogP contribution in [0.5, 0.6) is 11.5 Å². The number of hydrogen-bond donors (Lipinski definition) is 1. The molecule has 0 saturated carbocycles. The lowest BCUT2D eigenvalue weighted by atomic mass is 10.2. The number of carbonyl (C=O) groups is 1. The topological polar surface area (TPSA) is 63.7 Å². The van der Waals surface area contributed by atoms with Gasteiger partial charge < -0.3 is 19.7 Å². The van der Waals surface area contributed by atoms with E-state index in [1.54, 1.807) is 17.3 Å². The van der Waals surface area contributed by atoms with Crippen LogP contribution in [0.15, 0.2) is 48.8 Å². The van der Waals surface area contributed by atoms with Gasteiger partial charge in [0.15, 0.2) is 11.5 Å². The molecule has 2 amide bonds. The van der Waals surface area contributed by atoms with Gasteiger partial charge in [-0.05, 0) is 36.8 Å². The fourth-order valence-corrected chi connectivity index (χ4v) is 2.69. The summed E-state index contributed by atoms with van der Waals surface area (Å²) in [6, 6.07) is 11.4. The number of nitrogens with one attached hydrogen (secondary N) is 1. The van der Waals surface area contributed by atoms with Crippen molar-refractivity contribution in [1.29, 1.82) is 0 Å². The number of hydrogen-bond acceptors (Lipinski definition) is 4. The molecule has 1 unspecified atom stereocenters. The van der Waals surface area contributed by atoms with E-state index in [-0.39, 0.29) is 12.1 Å². The molecule has 1 aromatic carbocycles. The highest BCUT2D eigenvalue weighted by atomic mass is 16.6. The molecule has 3 rings (SSSR count). The van der Waals surface area contributed by atoms with Crippen molar-refractivity contribution < 1.29 is 14.3 Å². The van der Waals surface area contributed by atoms with Crippen LogP contribution in [0, 0.1) is 0 Å². The van der Waals surface area contributed by atoms with Crippen LogP contribution in [0.3, 0.4) is 0 Å². The minimum atomic E-state index is -0.0727. The van der Waals surface area contributed by atoms with E-state index in [9.17, 15) is 4.79 Å². The average molecular weight is 341 g/mol. The normalized spacial score (nSPS) is 15.5. The van der Waals surface area contributed by atoms with Crippen molar-refractivity contribution in [2.45, 2.75) is 26.0 Å². The molecule has 1 aliphatic heterocycles. The number of nitrogens with zero attached hydrogens (tertiary/aromatic N) is 2. The third kappa shape index (κ3) is 4.62. The van der Waals surface area contributed by atoms with E-state index in [1.165, 1.54) is 0 Å². The van der Waals surface area contributed by atoms with Crippen molar-refractivity contribution in [2.24, 2.45) is 0 Å². The summed E-state index contributed by atoms with van der Waals surface area (Å²) in [5.74, 6) is 1.54. The van der Waals surface area contributed by atoms with Crippen molar-refractivity contribution in [3.05, 3.63) is 54.4 Å². The number of urea groups is 1. The molecule has 6 nitrogen and oxygen atoms in total. The van der Waals surface area contributed by atoms with Crippen molar-refractivity contribution in [2.75, 3.05) is 19.7 Å². The predicted molar refractivity (Wildman–Crippen MR) is 94.7 cm³/mol.